The molecular formula is C23H17FN2O4. The van der Waals surface area contributed by atoms with Gasteiger partial charge in [-0.1, -0.05) is 12.1 Å². The first-order valence-corrected chi connectivity index (χ1v) is 9.32. The maximum atomic E-state index is 14.8. The van der Waals surface area contributed by atoms with Crippen molar-refractivity contribution in [2.45, 2.75) is 19.4 Å². The normalized spacial score (nSPS) is 12.7. The van der Waals surface area contributed by atoms with Crippen molar-refractivity contribution in [2.24, 2.45) is 0 Å². The number of pyridine rings is 1. The lowest BCUT2D eigenvalue weighted by Crippen LogP contribution is -2.09. The number of nitrogens with zero attached hydrogens (tertiary/aromatic N) is 2. The van der Waals surface area contributed by atoms with Crippen LogP contribution in [0.3, 0.4) is 0 Å². The lowest BCUT2D eigenvalue weighted by molar-refractivity contribution is -0.136. The molecule has 2 aromatic carbocycles. The van der Waals surface area contributed by atoms with E-state index in [9.17, 15) is 19.6 Å². The van der Waals surface area contributed by atoms with Gasteiger partial charge in [-0.15, -0.1) is 0 Å². The smallest absolute Gasteiger partial charge is 0.307 e. The van der Waals surface area contributed by atoms with Crippen LogP contribution in [0.1, 0.15) is 22.3 Å². The molecule has 0 saturated heterocycles. The van der Waals surface area contributed by atoms with Gasteiger partial charge < -0.3 is 14.6 Å². The lowest BCUT2D eigenvalue weighted by atomic mass is 9.97. The van der Waals surface area contributed by atoms with Gasteiger partial charge in [-0.05, 0) is 41.5 Å². The van der Waals surface area contributed by atoms with Crippen LogP contribution in [0.25, 0.3) is 11.3 Å². The second-order valence-electron chi connectivity index (χ2n) is 6.85. The summed E-state index contributed by atoms with van der Waals surface area (Å²) >= 11 is 0. The topological polar surface area (TPSA) is 92.4 Å². The molecule has 3 aromatic rings. The van der Waals surface area contributed by atoms with Crippen molar-refractivity contribution in [2.75, 3.05) is 6.61 Å². The first-order chi connectivity index (χ1) is 14.5. The van der Waals surface area contributed by atoms with E-state index in [0.717, 1.165) is 5.56 Å². The molecule has 0 amide bonds. The van der Waals surface area contributed by atoms with E-state index in [1.54, 1.807) is 42.5 Å². The molecule has 0 fully saturated rings. The van der Waals surface area contributed by atoms with Crippen molar-refractivity contribution in [3.05, 3.63) is 76.6 Å². The van der Waals surface area contributed by atoms with Crippen molar-refractivity contribution >= 4 is 5.97 Å². The molecule has 0 aliphatic carbocycles. The summed E-state index contributed by atoms with van der Waals surface area (Å²) in [5.74, 6) is -0.763. The van der Waals surface area contributed by atoms with Crippen LogP contribution in [-0.4, -0.2) is 22.7 Å². The molecule has 6 nitrogen and oxygen atoms in total. The largest absolute Gasteiger partial charge is 0.493 e. The Morgan fingerprint density at radius 2 is 2.03 bits per heavy atom. The molecule has 1 N–H and O–H groups in total. The van der Waals surface area contributed by atoms with E-state index in [-0.39, 0.29) is 25.2 Å². The predicted octanol–water partition coefficient (Wildman–Crippen LogP) is 3.90. The zero-order valence-electron chi connectivity index (χ0n) is 15.9. The highest BCUT2D eigenvalue weighted by molar-refractivity contribution is 5.72. The molecule has 0 atom stereocenters. The van der Waals surface area contributed by atoms with Crippen molar-refractivity contribution in [1.29, 1.82) is 5.26 Å². The minimum atomic E-state index is -1.04. The Kier molecular flexibility index (Phi) is 5.31. The number of benzene rings is 2. The fourth-order valence-corrected chi connectivity index (χ4v) is 3.36. The Hall–Kier alpha value is -3.92. The zero-order chi connectivity index (χ0) is 21.1. The summed E-state index contributed by atoms with van der Waals surface area (Å²) in [4.78, 5) is 15.6. The molecule has 1 aliphatic heterocycles. The van der Waals surface area contributed by atoms with E-state index >= 15 is 0 Å². The second-order valence-corrected chi connectivity index (χ2v) is 6.85. The number of aliphatic carboxylic acids is 1. The van der Waals surface area contributed by atoms with Crippen molar-refractivity contribution in [3.63, 3.8) is 0 Å². The third kappa shape index (κ3) is 4.08. The quantitative estimate of drug-likeness (QED) is 0.696. The molecule has 1 aliphatic rings. The number of carboxylic acid groups (broad SMARTS) is 1. The zero-order valence-corrected chi connectivity index (χ0v) is 15.9. The average Bonchev–Trinajstić information content (AvgIpc) is 2.74. The summed E-state index contributed by atoms with van der Waals surface area (Å²) in [6.45, 7) is 0.395. The number of hydrogen-bond acceptors (Lipinski definition) is 5. The Morgan fingerprint density at radius 1 is 1.17 bits per heavy atom. The van der Waals surface area contributed by atoms with Gasteiger partial charge in [0.1, 0.15) is 18.2 Å². The van der Waals surface area contributed by atoms with E-state index in [2.05, 4.69) is 11.1 Å². The minimum Gasteiger partial charge on any atom is -0.493 e. The summed E-state index contributed by atoms with van der Waals surface area (Å²) in [5.41, 5.74) is 2.92. The highest BCUT2D eigenvalue weighted by atomic mass is 19.1. The van der Waals surface area contributed by atoms with Crippen LogP contribution >= 0.6 is 0 Å². The fraction of sp³-hybridized carbons (Fsp3) is 0.174. The molecule has 150 valence electrons. The molecule has 7 heteroatoms. The van der Waals surface area contributed by atoms with Crippen molar-refractivity contribution in [3.8, 4) is 29.0 Å². The number of aromatic nitrogens is 1. The van der Waals surface area contributed by atoms with Gasteiger partial charge in [-0.2, -0.15) is 5.26 Å². The van der Waals surface area contributed by atoms with Crippen molar-refractivity contribution in [1.82, 2.24) is 4.98 Å². The third-order valence-electron chi connectivity index (χ3n) is 4.83. The number of ether oxygens (including phenoxy) is 2. The molecule has 0 radical (unpaired) electrons. The Morgan fingerprint density at radius 3 is 2.83 bits per heavy atom. The number of nitriles is 1. The highest BCUT2D eigenvalue weighted by Crippen LogP contribution is 2.29. The number of carboxylic acids is 1. The third-order valence-corrected chi connectivity index (χ3v) is 4.83. The maximum Gasteiger partial charge on any atom is 0.307 e. The molecule has 0 saturated carbocycles. The summed E-state index contributed by atoms with van der Waals surface area (Å²) in [6.07, 6.45) is 0.0743. The van der Waals surface area contributed by atoms with Gasteiger partial charge >= 0.3 is 5.97 Å². The molecule has 0 unspecified atom stereocenters. The molecular weight excluding hydrogens is 387 g/mol. The molecule has 30 heavy (non-hydrogen) atoms. The average molecular weight is 404 g/mol. The summed E-state index contributed by atoms with van der Waals surface area (Å²) < 4.78 is 26.5. The van der Waals surface area contributed by atoms with Gasteiger partial charge in [0.05, 0.1) is 30.4 Å². The van der Waals surface area contributed by atoms with Gasteiger partial charge in [0, 0.05) is 23.6 Å². The van der Waals surface area contributed by atoms with E-state index in [1.165, 1.54) is 6.07 Å². The van der Waals surface area contributed by atoms with Gasteiger partial charge in [0.25, 0.3) is 0 Å². The van der Waals surface area contributed by atoms with Crippen LogP contribution in [0.2, 0.25) is 0 Å². The number of rotatable bonds is 2. The standard InChI is InChI=1S/C23H17FN2O4/c24-19-10-17(11-23(27)28)15-6-7-29-21-8-14(12-25)4-5-16(21)13-30-22-3-1-2-20(26-22)18(19)9-15/h1-5,8-10H,6-7,11,13H2,(H,27,28). The Bertz CT molecular complexity index is 1170. The Labute approximate surface area is 172 Å². The van der Waals surface area contributed by atoms with Crippen LogP contribution in [0.4, 0.5) is 4.39 Å². The first-order valence-electron chi connectivity index (χ1n) is 9.32. The molecule has 0 spiro atoms. The lowest BCUT2D eigenvalue weighted by Gasteiger charge is -2.14. The number of halogens is 1. The molecule has 4 bridgehead atoms. The summed E-state index contributed by atoms with van der Waals surface area (Å²) in [6, 6.07) is 15.1. The van der Waals surface area contributed by atoms with E-state index in [4.69, 9.17) is 9.47 Å². The minimum absolute atomic E-state index is 0.168. The van der Waals surface area contributed by atoms with Gasteiger partial charge in [0.2, 0.25) is 5.88 Å². The number of carbonyl (C=O) groups is 1. The maximum absolute atomic E-state index is 14.8. The fourth-order valence-electron chi connectivity index (χ4n) is 3.36. The first kappa shape index (κ1) is 19.4. The van der Waals surface area contributed by atoms with E-state index in [0.29, 0.717) is 40.4 Å². The van der Waals surface area contributed by atoms with E-state index in [1.807, 2.05) is 0 Å². The van der Waals surface area contributed by atoms with Crippen molar-refractivity contribution < 1.29 is 23.8 Å². The number of fused-ring (bicyclic) bond motifs is 6. The van der Waals surface area contributed by atoms with Crippen LogP contribution in [0, 0.1) is 17.1 Å². The second kappa shape index (κ2) is 8.21. The molecule has 2 heterocycles. The number of hydrogen-bond donors (Lipinski definition) is 1. The van der Waals surface area contributed by atoms with E-state index < -0.39 is 11.8 Å². The van der Waals surface area contributed by atoms with Crippen LogP contribution in [0.5, 0.6) is 11.6 Å². The van der Waals surface area contributed by atoms with Gasteiger partial charge in [-0.25, -0.2) is 9.37 Å². The van der Waals surface area contributed by atoms with Crippen LogP contribution < -0.4 is 9.47 Å². The predicted molar refractivity (Wildman–Crippen MR) is 106 cm³/mol. The van der Waals surface area contributed by atoms with Gasteiger partial charge in [-0.3, -0.25) is 4.79 Å². The summed E-state index contributed by atoms with van der Waals surface area (Å²) in [5, 5.41) is 18.4. The van der Waals surface area contributed by atoms with Crippen LogP contribution in [-0.2, 0) is 24.2 Å². The van der Waals surface area contributed by atoms with Crippen LogP contribution in [0.15, 0.2) is 48.5 Å². The monoisotopic (exact) mass is 404 g/mol. The molecule has 4 rings (SSSR count). The molecule has 1 aromatic heterocycles. The summed E-state index contributed by atoms with van der Waals surface area (Å²) in [7, 11) is 0. The Balaban J connectivity index is 1.81. The SMILES string of the molecule is N#Cc1ccc2c(c1)OCCc1cc(c(F)cc1CC(=O)O)-c1cccc(n1)OC2. The highest BCUT2D eigenvalue weighted by Gasteiger charge is 2.17. The van der Waals surface area contributed by atoms with Gasteiger partial charge in [0.15, 0.2) is 0 Å².